The van der Waals surface area contributed by atoms with Gasteiger partial charge in [0.05, 0.1) is 11.4 Å². The number of rotatable bonds is 12. The molecule has 222 valence electrons. The fourth-order valence-electron chi connectivity index (χ4n) is 5.97. The summed E-state index contributed by atoms with van der Waals surface area (Å²) in [5, 5.41) is 5.43. The Bertz CT molecular complexity index is 1620. The van der Waals surface area contributed by atoms with Crippen molar-refractivity contribution in [2.45, 2.75) is 46.2 Å². The zero-order chi connectivity index (χ0) is 30.5. The summed E-state index contributed by atoms with van der Waals surface area (Å²) in [6, 6.07) is 20.6. The van der Waals surface area contributed by atoms with Crippen LogP contribution in [-0.2, 0) is 11.3 Å². The molecule has 2 unspecified atom stereocenters. The molecule has 0 spiro atoms. The molecule has 0 saturated heterocycles. The molecule has 3 aromatic heterocycles. The molecule has 4 N–H and O–H groups in total. The fourth-order valence-corrected chi connectivity index (χ4v) is 5.97. The number of anilines is 2. The minimum absolute atomic E-state index is 0.111. The zero-order valence-corrected chi connectivity index (χ0v) is 25.3. The summed E-state index contributed by atoms with van der Waals surface area (Å²) in [7, 11) is 0. The van der Waals surface area contributed by atoms with E-state index in [4.69, 9.17) is 10.7 Å². The van der Waals surface area contributed by atoms with Gasteiger partial charge in [-0.3, -0.25) is 14.8 Å². The Balaban J connectivity index is 1.74. The number of nitrogens with two attached hydrogens (primary N) is 1. The van der Waals surface area contributed by atoms with Gasteiger partial charge in [-0.15, -0.1) is 0 Å². The number of nitrogens with zero attached hydrogens (tertiary/aromatic N) is 6. The first-order chi connectivity index (χ1) is 20.7. The summed E-state index contributed by atoms with van der Waals surface area (Å²) in [4.78, 5) is 25.0. The third kappa shape index (κ3) is 6.29. The van der Waals surface area contributed by atoms with Gasteiger partial charge in [0.1, 0.15) is 43.0 Å². The summed E-state index contributed by atoms with van der Waals surface area (Å²) >= 11 is 0. The SMILES string of the molecule is CCCN(c1ccc([N+](CC(C)(C[n+]2cc[nH]c2)NC(C)=O)(c2ccc(C)cc2)c2ccccn2)c(N)c1)n1ccnc1. The van der Waals surface area contributed by atoms with E-state index >= 15 is 0 Å². The van der Waals surface area contributed by atoms with Crippen LogP contribution in [0.1, 0.15) is 32.8 Å². The van der Waals surface area contributed by atoms with Gasteiger partial charge in [-0.2, -0.15) is 0 Å². The number of hydrogen-bond donors (Lipinski definition) is 3. The normalized spacial score (nSPS) is 14.0. The molecule has 0 radical (unpaired) electrons. The topological polar surface area (TPSA) is 109 Å². The van der Waals surface area contributed by atoms with E-state index in [0.29, 0.717) is 18.8 Å². The maximum atomic E-state index is 12.7. The Morgan fingerprint density at radius 1 is 1.16 bits per heavy atom. The summed E-state index contributed by atoms with van der Waals surface area (Å²) in [6.45, 7) is 9.61. The molecule has 10 heteroatoms. The van der Waals surface area contributed by atoms with Gasteiger partial charge in [-0.25, -0.2) is 23.7 Å². The highest BCUT2D eigenvalue weighted by molar-refractivity contribution is 5.81. The summed E-state index contributed by atoms with van der Waals surface area (Å²) in [5.41, 5.74) is 10.9. The lowest BCUT2D eigenvalue weighted by molar-refractivity contribution is -0.702. The zero-order valence-electron chi connectivity index (χ0n) is 25.3. The number of aromatic amines is 1. The first kappa shape index (κ1) is 29.5. The lowest BCUT2D eigenvalue weighted by atomic mass is 9.96. The fraction of sp³-hybridized carbons (Fsp3) is 0.273. The van der Waals surface area contributed by atoms with Crippen molar-refractivity contribution in [3.63, 3.8) is 0 Å². The lowest BCUT2D eigenvalue weighted by Crippen LogP contribution is -2.64. The molecule has 10 nitrogen and oxygen atoms in total. The molecular formula is C33H41N9O+2. The van der Waals surface area contributed by atoms with Gasteiger partial charge in [0.25, 0.3) is 0 Å². The van der Waals surface area contributed by atoms with Crippen LogP contribution in [0.4, 0.5) is 28.6 Å². The van der Waals surface area contributed by atoms with Gasteiger partial charge in [-0.05, 0) is 38.5 Å². The first-order valence-corrected chi connectivity index (χ1v) is 14.6. The third-order valence-corrected chi connectivity index (χ3v) is 7.64. The number of carbonyl (C=O) groups is 1. The van der Waals surface area contributed by atoms with Crippen molar-refractivity contribution < 1.29 is 9.36 Å². The number of quaternary nitrogens is 1. The van der Waals surface area contributed by atoms with Crippen molar-refractivity contribution in [3.8, 4) is 0 Å². The van der Waals surface area contributed by atoms with E-state index in [1.807, 2.05) is 58.4 Å². The van der Waals surface area contributed by atoms with Crippen molar-refractivity contribution in [1.82, 2.24) is 29.4 Å². The van der Waals surface area contributed by atoms with Gasteiger partial charge >= 0.3 is 0 Å². The summed E-state index contributed by atoms with van der Waals surface area (Å²) in [5.74, 6) is 0.682. The van der Waals surface area contributed by atoms with E-state index < -0.39 is 5.54 Å². The predicted octanol–water partition coefficient (Wildman–Crippen LogP) is 5.03. The van der Waals surface area contributed by atoms with Gasteiger partial charge in [0, 0.05) is 56.3 Å². The molecule has 0 aliphatic rings. The Kier molecular flexibility index (Phi) is 8.58. The monoisotopic (exact) mass is 579 g/mol. The average Bonchev–Trinajstić information content (AvgIpc) is 3.70. The van der Waals surface area contributed by atoms with E-state index in [1.165, 1.54) is 0 Å². The molecule has 0 fully saturated rings. The second kappa shape index (κ2) is 12.5. The minimum Gasteiger partial charge on any atom is -0.394 e. The smallest absolute Gasteiger partial charge is 0.241 e. The maximum Gasteiger partial charge on any atom is 0.241 e. The molecule has 5 rings (SSSR count). The molecular weight excluding hydrogens is 538 g/mol. The number of aryl methyl sites for hydroxylation is 1. The number of pyridine rings is 1. The number of imidazole rings is 2. The Morgan fingerprint density at radius 2 is 1.98 bits per heavy atom. The van der Waals surface area contributed by atoms with Gasteiger partial charge < -0.3 is 11.1 Å². The van der Waals surface area contributed by atoms with Gasteiger partial charge in [0.15, 0.2) is 5.69 Å². The summed E-state index contributed by atoms with van der Waals surface area (Å²) < 4.78 is 4.20. The first-order valence-electron chi connectivity index (χ1n) is 14.6. The van der Waals surface area contributed by atoms with Crippen LogP contribution in [0.25, 0.3) is 0 Å². The molecule has 3 heterocycles. The highest BCUT2D eigenvalue weighted by Gasteiger charge is 2.47. The Morgan fingerprint density at radius 3 is 2.58 bits per heavy atom. The number of amides is 1. The average molecular weight is 580 g/mol. The van der Waals surface area contributed by atoms with Crippen LogP contribution >= 0.6 is 0 Å². The summed E-state index contributed by atoms with van der Waals surface area (Å²) in [6.07, 6.45) is 14.0. The van der Waals surface area contributed by atoms with Gasteiger partial charge in [0.2, 0.25) is 18.1 Å². The third-order valence-electron chi connectivity index (χ3n) is 7.64. The van der Waals surface area contributed by atoms with Crippen LogP contribution in [0.5, 0.6) is 0 Å². The molecule has 0 aliphatic carbocycles. The number of H-pyrrole nitrogens is 1. The van der Waals surface area contributed by atoms with Crippen LogP contribution in [0.15, 0.2) is 104 Å². The molecule has 0 bridgehead atoms. The van der Waals surface area contributed by atoms with Crippen molar-refractivity contribution >= 4 is 34.5 Å². The van der Waals surface area contributed by atoms with E-state index in [0.717, 1.165) is 41.4 Å². The number of carbonyl (C=O) groups excluding carboxylic acids is 1. The maximum absolute atomic E-state index is 12.7. The largest absolute Gasteiger partial charge is 0.394 e. The van der Waals surface area contributed by atoms with Crippen molar-refractivity contribution in [3.05, 3.63) is 110 Å². The molecule has 0 saturated carbocycles. The second-order valence-corrected chi connectivity index (χ2v) is 11.3. The van der Waals surface area contributed by atoms with E-state index in [2.05, 4.69) is 77.5 Å². The predicted molar refractivity (Wildman–Crippen MR) is 171 cm³/mol. The van der Waals surface area contributed by atoms with Crippen LogP contribution < -0.4 is 25.1 Å². The number of benzene rings is 2. The molecule has 0 aliphatic heterocycles. The van der Waals surface area contributed by atoms with Crippen LogP contribution in [0.3, 0.4) is 0 Å². The number of nitrogens with one attached hydrogen (secondary N) is 2. The molecule has 2 atom stereocenters. The number of aromatic nitrogens is 5. The molecule has 43 heavy (non-hydrogen) atoms. The van der Waals surface area contributed by atoms with E-state index in [-0.39, 0.29) is 10.4 Å². The standard InChI is InChI=1S/C33H39N9O/c1-5-18-41(40-20-17-36-25-40)28-11-14-31(30(34)21-28)42(32-8-6-7-15-37-32,29-12-9-26(2)10-13-29)23-33(4,38-27(3)43)22-39-19-16-35-24-39/h6-17,19-21,24-25H,5,18,22-23,34H2,1-4H3/p+2. The van der Waals surface area contributed by atoms with Crippen molar-refractivity contribution in [2.75, 3.05) is 23.8 Å². The minimum atomic E-state index is -0.711. The van der Waals surface area contributed by atoms with Crippen LogP contribution in [0, 0.1) is 6.92 Å². The number of nitrogen functional groups attached to an aromatic ring is 1. The number of hydrogen-bond acceptors (Lipinski definition) is 5. The highest BCUT2D eigenvalue weighted by Crippen LogP contribution is 2.47. The van der Waals surface area contributed by atoms with Crippen molar-refractivity contribution in [2.24, 2.45) is 0 Å². The molecule has 5 aromatic rings. The van der Waals surface area contributed by atoms with Crippen LogP contribution in [-0.4, -0.2) is 44.2 Å². The Labute approximate surface area is 253 Å². The second-order valence-electron chi connectivity index (χ2n) is 11.3. The quantitative estimate of drug-likeness (QED) is 0.109. The molecule has 1 amide bonds. The molecule has 2 aromatic carbocycles. The van der Waals surface area contributed by atoms with E-state index in [1.54, 1.807) is 25.6 Å². The lowest BCUT2D eigenvalue weighted by Gasteiger charge is -2.43. The van der Waals surface area contributed by atoms with Crippen molar-refractivity contribution in [1.29, 1.82) is 0 Å². The van der Waals surface area contributed by atoms with Crippen LogP contribution in [0.2, 0.25) is 0 Å². The van der Waals surface area contributed by atoms with E-state index in [9.17, 15) is 4.79 Å². The van der Waals surface area contributed by atoms with Gasteiger partial charge in [-0.1, -0.05) is 30.7 Å². The Hall–Kier alpha value is -4.96. The highest BCUT2D eigenvalue weighted by atomic mass is 16.1.